The highest BCUT2D eigenvalue weighted by Crippen LogP contribution is 2.25. The van der Waals surface area contributed by atoms with Gasteiger partial charge in [-0.25, -0.2) is 9.97 Å². The van der Waals surface area contributed by atoms with Gasteiger partial charge in [0.2, 0.25) is 5.82 Å². The lowest BCUT2D eigenvalue weighted by molar-refractivity contribution is -0.145. The first-order valence-electron chi connectivity index (χ1n) is 3.06. The molecule has 0 atom stereocenters. The molecule has 4 nitrogen and oxygen atoms in total. The molecule has 0 bridgehead atoms. The largest absolute Gasteiger partial charge is 0.569 e. The van der Waals surface area contributed by atoms with E-state index in [2.05, 4.69) is 14.6 Å². The molecular formula is C5H3BF3N2O2. The van der Waals surface area contributed by atoms with Crippen LogP contribution in [-0.2, 0) is 6.18 Å². The Bertz CT molecular complexity index is 276. The number of aromatic nitrogens is 2. The zero-order valence-corrected chi connectivity index (χ0v) is 6.12. The molecule has 8 heteroatoms. The van der Waals surface area contributed by atoms with Gasteiger partial charge in [-0.05, 0) is 0 Å². The van der Waals surface area contributed by atoms with Crippen molar-refractivity contribution in [2.24, 2.45) is 0 Å². The predicted octanol–water partition coefficient (Wildman–Crippen LogP) is 0.401. The summed E-state index contributed by atoms with van der Waals surface area (Å²) < 4.78 is 40.0. The normalized spacial score (nSPS) is 11.1. The molecule has 0 aliphatic carbocycles. The van der Waals surface area contributed by atoms with Crippen LogP contribution in [0, 0.1) is 0 Å². The van der Waals surface area contributed by atoms with Crippen LogP contribution in [0.3, 0.4) is 0 Å². The Kier molecular flexibility index (Phi) is 2.71. The highest BCUT2D eigenvalue weighted by molar-refractivity contribution is 6.17. The van der Waals surface area contributed by atoms with Crippen molar-refractivity contribution in [3.05, 3.63) is 18.2 Å². The minimum Gasteiger partial charge on any atom is -0.535 e. The molecule has 0 aliphatic rings. The molecule has 0 spiro atoms. The van der Waals surface area contributed by atoms with E-state index in [-0.39, 0.29) is 5.75 Å². The summed E-state index contributed by atoms with van der Waals surface area (Å²) in [5.74, 6) is -1.33. The lowest BCUT2D eigenvalue weighted by Gasteiger charge is -2.04. The van der Waals surface area contributed by atoms with Crippen LogP contribution in [0.5, 0.6) is 5.75 Å². The summed E-state index contributed by atoms with van der Waals surface area (Å²) in [6.45, 7) is 0. The quantitative estimate of drug-likeness (QED) is 0.687. The molecule has 1 aromatic heterocycles. The first-order valence-corrected chi connectivity index (χ1v) is 3.06. The minimum absolute atomic E-state index is 0.0736. The van der Waals surface area contributed by atoms with E-state index < -0.39 is 12.0 Å². The molecule has 1 radical (unpaired) electrons. The van der Waals surface area contributed by atoms with E-state index in [0.717, 1.165) is 12.4 Å². The average molecular weight is 191 g/mol. The maximum absolute atomic E-state index is 11.9. The van der Waals surface area contributed by atoms with Crippen LogP contribution in [-0.4, -0.2) is 22.7 Å². The SMILES string of the molecule is O[B]Oc1cnc(C(F)(F)F)nc1. The Balaban J connectivity index is 2.81. The average Bonchev–Trinajstić information content (AvgIpc) is 2.04. The van der Waals surface area contributed by atoms with Gasteiger partial charge < -0.3 is 9.68 Å². The lowest BCUT2D eigenvalue weighted by atomic mass is 10.4. The van der Waals surface area contributed by atoms with Gasteiger partial charge in [0.25, 0.3) is 0 Å². The molecule has 1 aromatic rings. The second kappa shape index (κ2) is 3.61. The van der Waals surface area contributed by atoms with Gasteiger partial charge in [0.15, 0.2) is 0 Å². The molecule has 13 heavy (non-hydrogen) atoms. The molecule has 0 fully saturated rings. The maximum Gasteiger partial charge on any atom is 0.569 e. The predicted molar refractivity (Wildman–Crippen MR) is 35.6 cm³/mol. The Morgan fingerprint density at radius 1 is 1.31 bits per heavy atom. The minimum atomic E-state index is -4.57. The number of hydrogen-bond acceptors (Lipinski definition) is 4. The van der Waals surface area contributed by atoms with Crippen molar-refractivity contribution in [1.82, 2.24) is 9.97 Å². The fourth-order valence-electron chi connectivity index (χ4n) is 0.584. The van der Waals surface area contributed by atoms with Crippen molar-refractivity contribution in [3.8, 4) is 5.75 Å². The van der Waals surface area contributed by atoms with Gasteiger partial charge >= 0.3 is 13.9 Å². The summed E-state index contributed by atoms with van der Waals surface area (Å²) in [5.41, 5.74) is 0. The molecule has 1 rings (SSSR count). The summed E-state index contributed by atoms with van der Waals surface area (Å²) in [6.07, 6.45) is -2.95. The molecule has 1 heterocycles. The van der Waals surface area contributed by atoms with Crippen molar-refractivity contribution in [3.63, 3.8) is 0 Å². The maximum atomic E-state index is 11.9. The molecule has 0 aromatic carbocycles. The lowest BCUT2D eigenvalue weighted by Crippen LogP contribution is -2.11. The zero-order valence-electron chi connectivity index (χ0n) is 6.12. The second-order valence-electron chi connectivity index (χ2n) is 1.96. The Hall–Kier alpha value is -1.31. The van der Waals surface area contributed by atoms with Crippen LogP contribution in [0.15, 0.2) is 12.4 Å². The Morgan fingerprint density at radius 2 is 1.85 bits per heavy atom. The van der Waals surface area contributed by atoms with E-state index in [4.69, 9.17) is 5.02 Å². The van der Waals surface area contributed by atoms with Gasteiger partial charge in [-0.15, -0.1) is 0 Å². The van der Waals surface area contributed by atoms with Gasteiger partial charge in [-0.3, -0.25) is 0 Å². The summed E-state index contributed by atoms with van der Waals surface area (Å²) in [6, 6.07) is 0. The number of hydrogen-bond donors (Lipinski definition) is 1. The third-order valence-corrected chi connectivity index (χ3v) is 1.07. The van der Waals surface area contributed by atoms with Crippen molar-refractivity contribution < 1.29 is 22.8 Å². The molecule has 0 saturated heterocycles. The standard InChI is InChI=1S/C5H3BF3N2O2/c7-5(8,9)4-10-1-3(2-11-4)13-6-12/h1-2,12H. The van der Waals surface area contributed by atoms with E-state index in [1.807, 2.05) is 0 Å². The van der Waals surface area contributed by atoms with Gasteiger partial charge in [0.05, 0.1) is 12.4 Å². The van der Waals surface area contributed by atoms with Crippen molar-refractivity contribution >= 4 is 7.69 Å². The van der Waals surface area contributed by atoms with E-state index in [1.54, 1.807) is 0 Å². The third-order valence-electron chi connectivity index (χ3n) is 1.07. The topological polar surface area (TPSA) is 55.2 Å². The van der Waals surface area contributed by atoms with Crippen LogP contribution in [0.2, 0.25) is 0 Å². The molecule has 69 valence electrons. The first kappa shape index (κ1) is 9.78. The van der Waals surface area contributed by atoms with Crippen LogP contribution in [0.25, 0.3) is 0 Å². The smallest absolute Gasteiger partial charge is 0.535 e. The monoisotopic (exact) mass is 191 g/mol. The number of halogens is 3. The highest BCUT2D eigenvalue weighted by Gasteiger charge is 2.34. The number of rotatable bonds is 2. The van der Waals surface area contributed by atoms with Crippen molar-refractivity contribution in [1.29, 1.82) is 0 Å². The van der Waals surface area contributed by atoms with Crippen molar-refractivity contribution in [2.75, 3.05) is 0 Å². The molecule has 1 N–H and O–H groups in total. The van der Waals surface area contributed by atoms with Gasteiger partial charge in [-0.2, -0.15) is 13.2 Å². The fraction of sp³-hybridized carbons (Fsp3) is 0.200. The summed E-state index contributed by atoms with van der Waals surface area (Å²) in [7, 11) is 0.325. The zero-order chi connectivity index (χ0) is 9.90. The highest BCUT2D eigenvalue weighted by atomic mass is 19.4. The van der Waals surface area contributed by atoms with E-state index >= 15 is 0 Å². The summed E-state index contributed by atoms with van der Waals surface area (Å²) in [5, 5.41) is 8.12. The molecule has 0 unspecified atom stereocenters. The molecule has 0 saturated carbocycles. The van der Waals surface area contributed by atoms with Gasteiger partial charge in [0, 0.05) is 0 Å². The van der Waals surface area contributed by atoms with Crippen LogP contribution >= 0.6 is 0 Å². The number of alkyl halides is 3. The van der Waals surface area contributed by atoms with E-state index in [9.17, 15) is 13.2 Å². The summed E-state index contributed by atoms with van der Waals surface area (Å²) >= 11 is 0. The van der Waals surface area contributed by atoms with Gasteiger partial charge in [-0.1, -0.05) is 0 Å². The summed E-state index contributed by atoms with van der Waals surface area (Å²) in [4.78, 5) is 5.95. The van der Waals surface area contributed by atoms with Crippen molar-refractivity contribution in [2.45, 2.75) is 6.18 Å². The molecule has 0 amide bonds. The van der Waals surface area contributed by atoms with Crippen LogP contribution in [0.4, 0.5) is 13.2 Å². The van der Waals surface area contributed by atoms with Crippen LogP contribution < -0.4 is 4.65 Å². The number of nitrogens with zero attached hydrogens (tertiary/aromatic N) is 2. The Morgan fingerprint density at radius 3 is 2.23 bits per heavy atom. The van der Waals surface area contributed by atoms with E-state index in [1.165, 1.54) is 0 Å². The Labute approximate surface area is 71.7 Å². The first-order chi connectivity index (χ1) is 6.04. The third kappa shape index (κ3) is 2.58. The fourth-order valence-corrected chi connectivity index (χ4v) is 0.584. The molecular weight excluding hydrogens is 188 g/mol. The van der Waals surface area contributed by atoms with E-state index in [0.29, 0.717) is 7.69 Å². The van der Waals surface area contributed by atoms with Crippen LogP contribution in [0.1, 0.15) is 5.82 Å². The molecule has 0 aliphatic heterocycles. The second-order valence-corrected chi connectivity index (χ2v) is 1.96. The van der Waals surface area contributed by atoms with Gasteiger partial charge in [0.1, 0.15) is 5.75 Å².